The number of nitrogens with zero attached hydrogens (tertiary/aromatic N) is 2. The van der Waals surface area contributed by atoms with Crippen LogP contribution in [0.4, 0.5) is 5.69 Å². The fourth-order valence-electron chi connectivity index (χ4n) is 3.15. The molecule has 1 heterocycles. The van der Waals surface area contributed by atoms with Gasteiger partial charge in [-0.1, -0.05) is 62.4 Å². The minimum atomic E-state index is -0.150. The van der Waals surface area contributed by atoms with Crippen LogP contribution in [0.25, 0.3) is 0 Å². The molecule has 27 heavy (non-hydrogen) atoms. The Bertz CT molecular complexity index is 844. The van der Waals surface area contributed by atoms with Crippen molar-refractivity contribution in [3.8, 4) is 0 Å². The molecule has 1 N–H and O–H groups in total. The Labute approximate surface area is 160 Å². The molecular formula is C22H25N3O2. The zero-order valence-electron chi connectivity index (χ0n) is 15.8. The summed E-state index contributed by atoms with van der Waals surface area (Å²) in [6.45, 7) is 4.75. The van der Waals surface area contributed by atoms with Gasteiger partial charge in [-0.05, 0) is 23.1 Å². The van der Waals surface area contributed by atoms with Crippen molar-refractivity contribution in [2.75, 3.05) is 11.9 Å². The molecule has 0 fully saturated rings. The van der Waals surface area contributed by atoms with Gasteiger partial charge in [0.05, 0.1) is 12.3 Å². The Hall–Kier alpha value is -2.95. The standard InChI is InChI=1S/C22H25N3O2/c1-16(2)18-10-6-7-11-20(18)23-21(26)12-13-22(27)25-15-14-19(24-25)17-8-4-3-5-9-17/h3-11,16H,12-15H2,1-2H3,(H,23,26). The van der Waals surface area contributed by atoms with Gasteiger partial charge in [-0.3, -0.25) is 9.59 Å². The van der Waals surface area contributed by atoms with Gasteiger partial charge in [0.25, 0.3) is 0 Å². The third-order valence-electron chi connectivity index (χ3n) is 4.62. The van der Waals surface area contributed by atoms with E-state index in [4.69, 9.17) is 0 Å². The Morgan fingerprint density at radius 2 is 1.74 bits per heavy atom. The van der Waals surface area contributed by atoms with E-state index in [0.717, 1.165) is 28.9 Å². The van der Waals surface area contributed by atoms with Gasteiger partial charge in [-0.25, -0.2) is 5.01 Å². The molecule has 0 bridgehead atoms. The molecule has 0 radical (unpaired) electrons. The van der Waals surface area contributed by atoms with Crippen LogP contribution in [-0.2, 0) is 9.59 Å². The number of rotatable bonds is 6. The Morgan fingerprint density at radius 3 is 2.48 bits per heavy atom. The number of carbonyl (C=O) groups excluding carboxylic acids is 2. The molecule has 0 saturated heterocycles. The molecule has 140 valence electrons. The predicted molar refractivity (Wildman–Crippen MR) is 108 cm³/mol. The molecular weight excluding hydrogens is 338 g/mol. The van der Waals surface area contributed by atoms with Gasteiger partial charge < -0.3 is 5.32 Å². The summed E-state index contributed by atoms with van der Waals surface area (Å²) in [5, 5.41) is 8.84. The number of nitrogens with one attached hydrogen (secondary N) is 1. The van der Waals surface area contributed by atoms with Crippen LogP contribution in [0.2, 0.25) is 0 Å². The average Bonchev–Trinajstić information content (AvgIpc) is 3.17. The first-order chi connectivity index (χ1) is 13.0. The van der Waals surface area contributed by atoms with Crippen molar-refractivity contribution in [2.24, 2.45) is 5.10 Å². The number of anilines is 1. The Kier molecular flexibility index (Phi) is 6.01. The second-order valence-corrected chi connectivity index (χ2v) is 6.97. The number of para-hydroxylation sites is 1. The quantitative estimate of drug-likeness (QED) is 0.837. The molecule has 2 aromatic rings. The summed E-state index contributed by atoms with van der Waals surface area (Å²) >= 11 is 0. The molecule has 2 aromatic carbocycles. The van der Waals surface area contributed by atoms with Gasteiger partial charge in [-0.15, -0.1) is 0 Å². The van der Waals surface area contributed by atoms with Gasteiger partial charge in [0, 0.05) is 24.9 Å². The molecule has 0 atom stereocenters. The van der Waals surface area contributed by atoms with Crippen molar-refractivity contribution < 1.29 is 9.59 Å². The van der Waals surface area contributed by atoms with E-state index in [-0.39, 0.29) is 24.7 Å². The van der Waals surface area contributed by atoms with Crippen LogP contribution >= 0.6 is 0 Å². The first-order valence-electron chi connectivity index (χ1n) is 9.36. The lowest BCUT2D eigenvalue weighted by molar-refractivity contribution is -0.132. The van der Waals surface area contributed by atoms with Gasteiger partial charge in [0.2, 0.25) is 11.8 Å². The van der Waals surface area contributed by atoms with E-state index in [2.05, 4.69) is 24.3 Å². The van der Waals surface area contributed by atoms with Crippen molar-refractivity contribution in [1.82, 2.24) is 5.01 Å². The van der Waals surface area contributed by atoms with Crippen molar-refractivity contribution in [1.29, 1.82) is 0 Å². The lowest BCUT2D eigenvalue weighted by Crippen LogP contribution is -2.25. The van der Waals surface area contributed by atoms with E-state index in [0.29, 0.717) is 12.5 Å². The van der Waals surface area contributed by atoms with Crippen molar-refractivity contribution in [2.45, 2.75) is 39.0 Å². The summed E-state index contributed by atoms with van der Waals surface area (Å²) in [5.41, 5.74) is 3.86. The van der Waals surface area contributed by atoms with Gasteiger partial charge in [-0.2, -0.15) is 5.10 Å². The third kappa shape index (κ3) is 4.82. The maximum atomic E-state index is 12.4. The van der Waals surface area contributed by atoms with Gasteiger partial charge in [0.1, 0.15) is 0 Å². The monoisotopic (exact) mass is 363 g/mol. The highest BCUT2D eigenvalue weighted by Gasteiger charge is 2.22. The molecule has 0 aliphatic carbocycles. The molecule has 0 saturated carbocycles. The molecule has 2 amide bonds. The Morgan fingerprint density at radius 1 is 1.04 bits per heavy atom. The number of hydrazone groups is 1. The minimum absolute atomic E-state index is 0.117. The van der Waals surface area contributed by atoms with E-state index in [1.165, 1.54) is 5.01 Å². The summed E-state index contributed by atoms with van der Waals surface area (Å²) in [4.78, 5) is 24.7. The molecule has 3 rings (SSSR count). The van der Waals surface area contributed by atoms with Crippen LogP contribution in [0.1, 0.15) is 50.2 Å². The first kappa shape index (κ1) is 18.8. The molecule has 1 aliphatic rings. The summed E-state index contributed by atoms with van der Waals surface area (Å²) in [6, 6.07) is 17.6. The highest BCUT2D eigenvalue weighted by molar-refractivity contribution is 6.02. The van der Waals surface area contributed by atoms with Crippen LogP contribution in [0, 0.1) is 0 Å². The second-order valence-electron chi connectivity index (χ2n) is 6.97. The van der Waals surface area contributed by atoms with E-state index in [9.17, 15) is 9.59 Å². The summed E-state index contributed by atoms with van der Waals surface area (Å²) in [6.07, 6.45) is 1.04. The number of hydrogen-bond donors (Lipinski definition) is 1. The zero-order valence-corrected chi connectivity index (χ0v) is 15.8. The van der Waals surface area contributed by atoms with Crippen molar-refractivity contribution in [3.63, 3.8) is 0 Å². The van der Waals surface area contributed by atoms with E-state index >= 15 is 0 Å². The van der Waals surface area contributed by atoms with Gasteiger partial charge >= 0.3 is 0 Å². The number of benzene rings is 2. The van der Waals surface area contributed by atoms with E-state index in [1.54, 1.807) is 0 Å². The summed E-state index contributed by atoms with van der Waals surface area (Å²) in [5.74, 6) is 0.0506. The highest BCUT2D eigenvalue weighted by atomic mass is 16.2. The van der Waals surface area contributed by atoms with Crippen LogP contribution in [0.3, 0.4) is 0 Å². The lowest BCUT2D eigenvalue weighted by atomic mass is 10.0. The van der Waals surface area contributed by atoms with Crippen LogP contribution < -0.4 is 5.32 Å². The maximum absolute atomic E-state index is 12.4. The topological polar surface area (TPSA) is 61.8 Å². The highest BCUT2D eigenvalue weighted by Crippen LogP contribution is 2.24. The third-order valence-corrected chi connectivity index (χ3v) is 4.62. The summed E-state index contributed by atoms with van der Waals surface area (Å²) < 4.78 is 0. The smallest absolute Gasteiger partial charge is 0.243 e. The fraction of sp³-hybridized carbons (Fsp3) is 0.318. The van der Waals surface area contributed by atoms with Crippen LogP contribution in [-0.4, -0.2) is 29.1 Å². The zero-order chi connectivity index (χ0) is 19.2. The summed E-state index contributed by atoms with van der Waals surface area (Å²) in [7, 11) is 0. The second kappa shape index (κ2) is 8.62. The number of amides is 2. The predicted octanol–water partition coefficient (Wildman–Crippen LogP) is 4.17. The molecule has 0 unspecified atom stereocenters. The molecule has 5 nitrogen and oxygen atoms in total. The van der Waals surface area contributed by atoms with Crippen molar-refractivity contribution >= 4 is 23.2 Å². The normalized spacial score (nSPS) is 13.6. The largest absolute Gasteiger partial charge is 0.326 e. The van der Waals surface area contributed by atoms with E-state index < -0.39 is 0 Å². The molecule has 5 heteroatoms. The molecule has 0 spiro atoms. The first-order valence-corrected chi connectivity index (χ1v) is 9.36. The Balaban J connectivity index is 1.54. The lowest BCUT2D eigenvalue weighted by Gasteiger charge is -2.14. The maximum Gasteiger partial charge on any atom is 0.243 e. The van der Waals surface area contributed by atoms with Crippen LogP contribution in [0.15, 0.2) is 59.7 Å². The minimum Gasteiger partial charge on any atom is -0.326 e. The number of hydrogen-bond acceptors (Lipinski definition) is 3. The molecule has 1 aliphatic heterocycles. The van der Waals surface area contributed by atoms with Crippen molar-refractivity contribution in [3.05, 3.63) is 65.7 Å². The van der Waals surface area contributed by atoms with E-state index in [1.807, 2.05) is 54.6 Å². The van der Waals surface area contributed by atoms with Crippen LogP contribution in [0.5, 0.6) is 0 Å². The number of carbonyl (C=O) groups is 2. The molecule has 0 aromatic heterocycles. The van der Waals surface area contributed by atoms with Gasteiger partial charge in [0.15, 0.2) is 0 Å². The fourth-order valence-corrected chi connectivity index (χ4v) is 3.15. The average molecular weight is 363 g/mol. The SMILES string of the molecule is CC(C)c1ccccc1NC(=O)CCC(=O)N1CCC(c2ccccc2)=N1.